The van der Waals surface area contributed by atoms with Crippen molar-refractivity contribution in [2.45, 2.75) is 71.6 Å². The number of benzene rings is 1. The van der Waals surface area contributed by atoms with Gasteiger partial charge in [0.2, 0.25) is 11.8 Å². The van der Waals surface area contributed by atoms with Crippen LogP contribution in [0.15, 0.2) is 54.9 Å². The van der Waals surface area contributed by atoms with E-state index in [0.29, 0.717) is 13.0 Å². The molecule has 2 aliphatic carbocycles. The lowest BCUT2D eigenvalue weighted by molar-refractivity contribution is -0.143. The predicted octanol–water partition coefficient (Wildman–Crippen LogP) is 3.88. The van der Waals surface area contributed by atoms with E-state index in [0.717, 1.165) is 36.8 Å². The molecule has 1 aromatic carbocycles. The number of hydrogen-bond acceptors (Lipinski definition) is 4. The zero-order chi connectivity index (χ0) is 25.0. The maximum atomic E-state index is 13.0. The fourth-order valence-corrected chi connectivity index (χ4v) is 6.58. The summed E-state index contributed by atoms with van der Waals surface area (Å²) in [6, 6.07) is 13.6. The molecular weight excluding hydrogens is 438 g/mol. The molecule has 0 bridgehead atoms. The van der Waals surface area contributed by atoms with Gasteiger partial charge in [0.1, 0.15) is 0 Å². The second-order valence-electron chi connectivity index (χ2n) is 11.0. The summed E-state index contributed by atoms with van der Waals surface area (Å²) >= 11 is 0. The van der Waals surface area contributed by atoms with E-state index in [1.807, 2.05) is 49.4 Å². The van der Waals surface area contributed by atoms with Gasteiger partial charge in [-0.15, -0.1) is 0 Å². The highest BCUT2D eigenvalue weighted by Gasteiger charge is 2.53. The van der Waals surface area contributed by atoms with Crippen LogP contribution in [0, 0.1) is 29.1 Å². The Kier molecular flexibility index (Phi) is 7.90. The van der Waals surface area contributed by atoms with Crippen molar-refractivity contribution >= 4 is 11.8 Å². The van der Waals surface area contributed by atoms with Gasteiger partial charge in [-0.05, 0) is 66.0 Å². The van der Waals surface area contributed by atoms with E-state index in [1.54, 1.807) is 12.4 Å². The van der Waals surface area contributed by atoms with Gasteiger partial charge in [-0.25, -0.2) is 0 Å². The topological polar surface area (TPSA) is 91.3 Å². The largest absolute Gasteiger partial charge is 0.392 e. The summed E-state index contributed by atoms with van der Waals surface area (Å²) in [4.78, 5) is 29.8. The molecule has 2 aliphatic rings. The van der Waals surface area contributed by atoms with Crippen molar-refractivity contribution in [1.29, 1.82) is 0 Å². The van der Waals surface area contributed by atoms with Crippen LogP contribution in [0.3, 0.4) is 0 Å². The molecule has 7 atom stereocenters. The Bertz CT molecular complexity index is 999. The molecular formula is C29H39N3O3. The van der Waals surface area contributed by atoms with Crippen LogP contribution in [0.1, 0.15) is 57.6 Å². The van der Waals surface area contributed by atoms with Crippen LogP contribution in [0.4, 0.5) is 0 Å². The first-order valence-corrected chi connectivity index (χ1v) is 13.0. The van der Waals surface area contributed by atoms with Gasteiger partial charge in [0.05, 0.1) is 12.5 Å². The fraction of sp³-hybridized carbons (Fsp3) is 0.552. The number of carbonyl (C=O) groups is 2. The molecule has 0 unspecified atom stereocenters. The molecule has 6 nitrogen and oxygen atoms in total. The van der Waals surface area contributed by atoms with Gasteiger partial charge in [-0.2, -0.15) is 0 Å². The summed E-state index contributed by atoms with van der Waals surface area (Å²) in [6.45, 7) is 6.81. The first kappa shape index (κ1) is 25.4. The standard InChI is InChI=1S/C29H39N3O3/c1-19(28(35)31-18-22-10-7-15-30-17-22)23-11-13-29(3)14-12-24(20(2)26(29)27(23)34)32-25(33)16-21-8-5-4-6-9-21/h4-10,15,17,19-20,23-24,26-27,34H,11-14,16,18H2,1-3H3,(H,31,35)(H,32,33)/t19-,20+,23-,24-,26+,27-,29-/m0/s1. The third-order valence-corrected chi connectivity index (χ3v) is 8.69. The molecule has 1 heterocycles. The van der Waals surface area contributed by atoms with E-state index in [4.69, 9.17) is 0 Å². The Morgan fingerprint density at radius 3 is 2.54 bits per heavy atom. The molecule has 1 aromatic heterocycles. The number of amides is 2. The molecule has 0 aliphatic heterocycles. The summed E-state index contributed by atoms with van der Waals surface area (Å²) in [5.41, 5.74) is 1.99. The molecule has 0 radical (unpaired) electrons. The number of nitrogens with zero attached hydrogens (tertiary/aromatic N) is 1. The van der Waals surface area contributed by atoms with E-state index >= 15 is 0 Å². The lowest BCUT2D eigenvalue weighted by Crippen LogP contribution is -2.58. The SMILES string of the molecule is C[C@H]1[C@@H]2[C@@H](O)[C@H]([C@H](C)C(=O)NCc3cccnc3)CC[C@@]2(C)CC[C@@H]1NC(=O)Cc1ccccc1. The molecule has 4 rings (SSSR count). The number of aromatic nitrogens is 1. The van der Waals surface area contributed by atoms with Crippen LogP contribution in [-0.4, -0.2) is 34.1 Å². The number of pyridine rings is 1. The van der Waals surface area contributed by atoms with Crippen molar-refractivity contribution in [3.63, 3.8) is 0 Å². The maximum absolute atomic E-state index is 13.0. The Labute approximate surface area is 208 Å². The van der Waals surface area contributed by atoms with Gasteiger partial charge in [0.25, 0.3) is 0 Å². The molecule has 6 heteroatoms. The summed E-state index contributed by atoms with van der Waals surface area (Å²) in [7, 11) is 0. The number of carbonyl (C=O) groups excluding carboxylic acids is 2. The zero-order valence-electron chi connectivity index (χ0n) is 21.1. The van der Waals surface area contributed by atoms with Crippen LogP contribution in [0.25, 0.3) is 0 Å². The Balaban J connectivity index is 1.39. The highest BCUT2D eigenvalue weighted by Crippen LogP contribution is 2.55. The van der Waals surface area contributed by atoms with Crippen molar-refractivity contribution in [3.8, 4) is 0 Å². The maximum Gasteiger partial charge on any atom is 0.224 e. The summed E-state index contributed by atoms with van der Waals surface area (Å²) in [6.07, 6.45) is 7.00. The van der Waals surface area contributed by atoms with E-state index in [1.165, 1.54) is 0 Å². The minimum Gasteiger partial charge on any atom is -0.392 e. The van der Waals surface area contributed by atoms with Crippen molar-refractivity contribution < 1.29 is 14.7 Å². The molecule has 0 saturated heterocycles. The normalized spacial score (nSPS) is 31.1. The van der Waals surface area contributed by atoms with Crippen LogP contribution in [0.2, 0.25) is 0 Å². The molecule has 2 aromatic rings. The number of nitrogens with one attached hydrogen (secondary N) is 2. The molecule has 2 fully saturated rings. The van der Waals surface area contributed by atoms with Gasteiger partial charge in [-0.3, -0.25) is 14.6 Å². The third-order valence-electron chi connectivity index (χ3n) is 8.69. The van der Waals surface area contributed by atoms with E-state index < -0.39 is 6.10 Å². The lowest BCUT2D eigenvalue weighted by Gasteiger charge is -2.56. The number of hydrogen-bond donors (Lipinski definition) is 3. The van der Waals surface area contributed by atoms with Crippen LogP contribution in [-0.2, 0) is 22.6 Å². The average molecular weight is 478 g/mol. The van der Waals surface area contributed by atoms with E-state index in [-0.39, 0.29) is 46.9 Å². The van der Waals surface area contributed by atoms with Gasteiger partial charge in [0, 0.05) is 30.9 Å². The summed E-state index contributed by atoms with van der Waals surface area (Å²) in [5.74, 6) is -0.198. The van der Waals surface area contributed by atoms with Crippen molar-refractivity contribution in [2.75, 3.05) is 0 Å². The van der Waals surface area contributed by atoms with Crippen molar-refractivity contribution in [3.05, 3.63) is 66.0 Å². The highest BCUT2D eigenvalue weighted by atomic mass is 16.3. The highest BCUT2D eigenvalue weighted by molar-refractivity contribution is 5.79. The quantitative estimate of drug-likeness (QED) is 0.564. The zero-order valence-corrected chi connectivity index (χ0v) is 21.1. The Hall–Kier alpha value is -2.73. The van der Waals surface area contributed by atoms with Crippen LogP contribution < -0.4 is 10.6 Å². The molecule has 2 saturated carbocycles. The first-order chi connectivity index (χ1) is 16.8. The predicted molar refractivity (Wildman–Crippen MR) is 136 cm³/mol. The second-order valence-corrected chi connectivity index (χ2v) is 11.0. The number of fused-ring (bicyclic) bond motifs is 1. The van der Waals surface area contributed by atoms with Gasteiger partial charge < -0.3 is 15.7 Å². The molecule has 3 N–H and O–H groups in total. The van der Waals surface area contributed by atoms with Gasteiger partial charge in [-0.1, -0.05) is 57.2 Å². The lowest BCUT2D eigenvalue weighted by atomic mass is 9.51. The van der Waals surface area contributed by atoms with Gasteiger partial charge in [0.15, 0.2) is 0 Å². The minimum absolute atomic E-state index is 0.0293. The minimum atomic E-state index is -0.572. The Morgan fingerprint density at radius 1 is 1.11 bits per heavy atom. The fourth-order valence-electron chi connectivity index (χ4n) is 6.58. The molecule has 35 heavy (non-hydrogen) atoms. The number of rotatable bonds is 7. The van der Waals surface area contributed by atoms with Gasteiger partial charge >= 0.3 is 0 Å². The van der Waals surface area contributed by atoms with Crippen LogP contribution >= 0.6 is 0 Å². The monoisotopic (exact) mass is 477 g/mol. The molecule has 2 amide bonds. The smallest absolute Gasteiger partial charge is 0.224 e. The van der Waals surface area contributed by atoms with E-state index in [2.05, 4.69) is 29.5 Å². The summed E-state index contributed by atoms with van der Waals surface area (Å²) < 4.78 is 0. The van der Waals surface area contributed by atoms with Crippen LogP contribution in [0.5, 0.6) is 0 Å². The van der Waals surface area contributed by atoms with Crippen molar-refractivity contribution in [1.82, 2.24) is 15.6 Å². The van der Waals surface area contributed by atoms with Crippen molar-refractivity contribution in [2.24, 2.45) is 29.1 Å². The first-order valence-electron chi connectivity index (χ1n) is 13.0. The van der Waals surface area contributed by atoms with E-state index in [9.17, 15) is 14.7 Å². The third kappa shape index (κ3) is 5.75. The number of aliphatic hydroxyl groups is 1. The molecule has 0 spiro atoms. The Morgan fingerprint density at radius 2 is 1.83 bits per heavy atom. The average Bonchev–Trinajstić information content (AvgIpc) is 2.85. The number of aliphatic hydroxyl groups excluding tert-OH is 1. The molecule has 188 valence electrons. The second kappa shape index (κ2) is 10.9. The summed E-state index contributed by atoms with van der Waals surface area (Å²) in [5, 5.41) is 17.9.